The molecule has 0 saturated heterocycles. The van der Waals surface area contributed by atoms with Crippen molar-refractivity contribution < 1.29 is 21.6 Å². The fourth-order valence-corrected chi connectivity index (χ4v) is 3.06. The second kappa shape index (κ2) is 6.34. The van der Waals surface area contributed by atoms with E-state index in [4.69, 9.17) is 0 Å². The number of benzene rings is 1. The summed E-state index contributed by atoms with van der Waals surface area (Å²) in [6.07, 6.45) is -4.43. The summed E-state index contributed by atoms with van der Waals surface area (Å²) in [6, 6.07) is 2.72. The van der Waals surface area contributed by atoms with Crippen LogP contribution in [0.4, 0.5) is 18.9 Å². The first-order valence-corrected chi connectivity index (χ1v) is 8.50. The van der Waals surface area contributed by atoms with Gasteiger partial charge in [0.15, 0.2) is 9.84 Å². The lowest BCUT2D eigenvalue weighted by Crippen LogP contribution is -2.27. The minimum absolute atomic E-state index is 0.00276. The van der Waals surface area contributed by atoms with E-state index in [-0.39, 0.29) is 17.2 Å². The third kappa shape index (κ3) is 4.97. The van der Waals surface area contributed by atoms with Gasteiger partial charge in [-0.25, -0.2) is 8.42 Å². The number of rotatable bonds is 5. The Morgan fingerprint density at radius 1 is 1.35 bits per heavy atom. The molecule has 0 fully saturated rings. The van der Waals surface area contributed by atoms with Crippen molar-refractivity contribution in [2.45, 2.75) is 26.1 Å². The lowest BCUT2D eigenvalue weighted by Gasteiger charge is -2.17. The van der Waals surface area contributed by atoms with Crippen molar-refractivity contribution in [1.29, 1.82) is 0 Å². The van der Waals surface area contributed by atoms with Crippen molar-refractivity contribution in [1.82, 2.24) is 0 Å². The van der Waals surface area contributed by atoms with Gasteiger partial charge in [0, 0.05) is 22.0 Å². The highest BCUT2D eigenvalue weighted by Gasteiger charge is 2.31. The first kappa shape index (κ1) is 17.3. The number of halogens is 4. The second-order valence-corrected chi connectivity index (χ2v) is 7.69. The smallest absolute Gasteiger partial charge is 0.381 e. The van der Waals surface area contributed by atoms with Crippen LogP contribution in [0.25, 0.3) is 0 Å². The van der Waals surface area contributed by atoms with Crippen LogP contribution in [-0.2, 0) is 16.0 Å². The van der Waals surface area contributed by atoms with Crippen LogP contribution in [-0.4, -0.2) is 26.0 Å². The van der Waals surface area contributed by atoms with Gasteiger partial charge in [0.05, 0.1) is 11.3 Å². The number of hydrogen-bond donors (Lipinski definition) is 1. The average molecular weight is 374 g/mol. The highest BCUT2D eigenvalue weighted by Crippen LogP contribution is 2.34. The van der Waals surface area contributed by atoms with Gasteiger partial charge in [-0.15, -0.1) is 0 Å². The number of hydrogen-bond acceptors (Lipinski definition) is 3. The molecule has 1 aromatic rings. The molecule has 1 unspecified atom stereocenters. The lowest BCUT2D eigenvalue weighted by molar-refractivity contribution is -0.137. The SMILES string of the molecule is CCS(=O)(=O)CC(C)Nc1cc(C(F)(F)F)ccc1Br. The van der Waals surface area contributed by atoms with Crippen molar-refractivity contribution in [2.75, 3.05) is 16.8 Å². The summed E-state index contributed by atoms with van der Waals surface area (Å²) < 4.78 is 61.3. The molecule has 1 aromatic carbocycles. The number of anilines is 1. The van der Waals surface area contributed by atoms with Crippen LogP contribution in [0.1, 0.15) is 19.4 Å². The maximum Gasteiger partial charge on any atom is 0.416 e. The van der Waals surface area contributed by atoms with Gasteiger partial charge >= 0.3 is 6.18 Å². The maximum absolute atomic E-state index is 12.6. The molecule has 0 saturated carbocycles. The Labute approximate surface area is 124 Å². The Hall–Kier alpha value is -0.760. The van der Waals surface area contributed by atoms with Crippen molar-refractivity contribution in [3.8, 4) is 0 Å². The van der Waals surface area contributed by atoms with E-state index in [1.807, 2.05) is 0 Å². The minimum atomic E-state index is -4.43. The molecule has 0 aliphatic carbocycles. The third-order valence-corrected chi connectivity index (χ3v) is 5.22. The molecular formula is C12H15BrF3NO2S. The van der Waals surface area contributed by atoms with Gasteiger partial charge in [-0.3, -0.25) is 0 Å². The predicted octanol–water partition coefficient (Wildman–Crippen LogP) is 3.70. The molecule has 0 aliphatic heterocycles. The summed E-state index contributed by atoms with van der Waals surface area (Å²) in [4.78, 5) is 0. The quantitative estimate of drug-likeness (QED) is 0.855. The topological polar surface area (TPSA) is 46.2 Å². The van der Waals surface area contributed by atoms with E-state index in [1.54, 1.807) is 6.92 Å². The highest BCUT2D eigenvalue weighted by molar-refractivity contribution is 9.10. The molecule has 1 N–H and O–H groups in total. The molecule has 0 bridgehead atoms. The maximum atomic E-state index is 12.6. The average Bonchev–Trinajstić information content (AvgIpc) is 2.30. The minimum Gasteiger partial charge on any atom is -0.381 e. The van der Waals surface area contributed by atoms with Crippen LogP contribution < -0.4 is 5.32 Å². The molecule has 114 valence electrons. The molecule has 0 spiro atoms. The molecule has 0 aliphatic rings. The zero-order valence-electron chi connectivity index (χ0n) is 11.0. The second-order valence-electron chi connectivity index (χ2n) is 4.44. The van der Waals surface area contributed by atoms with Gasteiger partial charge in [0.1, 0.15) is 0 Å². The van der Waals surface area contributed by atoms with Crippen LogP contribution in [0.15, 0.2) is 22.7 Å². The monoisotopic (exact) mass is 373 g/mol. The summed E-state index contributed by atoms with van der Waals surface area (Å²) in [5, 5.41) is 2.79. The molecule has 1 atom stereocenters. The van der Waals surface area contributed by atoms with Gasteiger partial charge < -0.3 is 5.32 Å². The zero-order chi connectivity index (χ0) is 15.6. The molecule has 0 aromatic heterocycles. The summed E-state index contributed by atoms with van der Waals surface area (Å²) in [7, 11) is -3.19. The Morgan fingerprint density at radius 2 is 1.95 bits per heavy atom. The van der Waals surface area contributed by atoms with E-state index in [2.05, 4.69) is 21.2 Å². The molecule has 8 heteroatoms. The number of sulfone groups is 1. The fraction of sp³-hybridized carbons (Fsp3) is 0.500. The van der Waals surface area contributed by atoms with Crippen LogP contribution in [0.5, 0.6) is 0 Å². The third-order valence-electron chi connectivity index (χ3n) is 2.64. The van der Waals surface area contributed by atoms with Crippen LogP contribution in [0.2, 0.25) is 0 Å². The van der Waals surface area contributed by atoms with Crippen molar-refractivity contribution >= 4 is 31.5 Å². The molecule has 1 rings (SSSR count). The first-order valence-electron chi connectivity index (χ1n) is 5.89. The Bertz CT molecular complexity index is 573. The molecule has 20 heavy (non-hydrogen) atoms. The van der Waals surface area contributed by atoms with Gasteiger partial charge in [0.25, 0.3) is 0 Å². The lowest BCUT2D eigenvalue weighted by atomic mass is 10.2. The van der Waals surface area contributed by atoms with Crippen molar-refractivity contribution in [3.63, 3.8) is 0 Å². The summed E-state index contributed by atoms with van der Waals surface area (Å²) in [5.74, 6) is -0.130. The molecule has 0 heterocycles. The first-order chi connectivity index (χ1) is 9.05. The van der Waals surface area contributed by atoms with Crippen LogP contribution in [0.3, 0.4) is 0 Å². The van der Waals surface area contributed by atoms with Crippen molar-refractivity contribution in [2.24, 2.45) is 0 Å². The summed E-state index contributed by atoms with van der Waals surface area (Å²) in [6.45, 7) is 3.14. The fourth-order valence-electron chi connectivity index (χ4n) is 1.62. The Kier molecular flexibility index (Phi) is 5.48. The van der Waals surface area contributed by atoms with Crippen molar-refractivity contribution in [3.05, 3.63) is 28.2 Å². The number of alkyl halides is 3. The van der Waals surface area contributed by atoms with E-state index in [0.29, 0.717) is 4.47 Å². The Balaban J connectivity index is 2.92. The molecular weight excluding hydrogens is 359 g/mol. The molecule has 3 nitrogen and oxygen atoms in total. The van der Waals surface area contributed by atoms with E-state index in [1.165, 1.54) is 13.0 Å². The largest absolute Gasteiger partial charge is 0.416 e. The predicted molar refractivity (Wildman–Crippen MR) is 76.6 cm³/mol. The highest BCUT2D eigenvalue weighted by atomic mass is 79.9. The Morgan fingerprint density at radius 3 is 2.45 bits per heavy atom. The summed E-state index contributed by atoms with van der Waals surface area (Å²) >= 11 is 3.14. The van der Waals surface area contributed by atoms with Crippen LogP contribution >= 0.6 is 15.9 Å². The summed E-state index contributed by atoms with van der Waals surface area (Å²) in [5.41, 5.74) is -0.563. The van der Waals surface area contributed by atoms with Gasteiger partial charge in [0.2, 0.25) is 0 Å². The standard InChI is InChI=1S/C12H15BrF3NO2S/c1-3-20(18,19)7-8(2)17-11-6-9(12(14,15)16)4-5-10(11)13/h4-6,8,17H,3,7H2,1-2H3. The molecule has 0 amide bonds. The van der Waals surface area contributed by atoms with Gasteiger partial charge in [-0.2, -0.15) is 13.2 Å². The van der Waals surface area contributed by atoms with E-state index in [9.17, 15) is 21.6 Å². The van der Waals surface area contributed by atoms with Gasteiger partial charge in [-0.05, 0) is 41.1 Å². The van der Waals surface area contributed by atoms with E-state index < -0.39 is 27.6 Å². The van der Waals surface area contributed by atoms with E-state index >= 15 is 0 Å². The normalized spacial score (nSPS) is 14.1. The van der Waals surface area contributed by atoms with E-state index in [0.717, 1.165) is 12.1 Å². The molecule has 0 radical (unpaired) electrons. The van der Waals surface area contributed by atoms with Gasteiger partial charge in [-0.1, -0.05) is 6.92 Å². The zero-order valence-corrected chi connectivity index (χ0v) is 13.4. The number of nitrogens with one attached hydrogen (secondary N) is 1. The van der Waals surface area contributed by atoms with Crippen LogP contribution in [0, 0.1) is 0 Å².